The fourth-order valence-electron chi connectivity index (χ4n) is 1.51. The lowest BCUT2D eigenvalue weighted by Crippen LogP contribution is -2.32. The van der Waals surface area contributed by atoms with E-state index in [1.54, 1.807) is 11.9 Å². The number of nitrogens with zero attached hydrogens (tertiary/aromatic N) is 2. The van der Waals surface area contributed by atoms with Gasteiger partial charge in [-0.2, -0.15) is 0 Å². The van der Waals surface area contributed by atoms with E-state index in [0.717, 1.165) is 30.5 Å². The van der Waals surface area contributed by atoms with E-state index >= 15 is 0 Å². The van der Waals surface area contributed by atoms with Gasteiger partial charge in [0, 0.05) is 26.2 Å². The van der Waals surface area contributed by atoms with Crippen LogP contribution in [0.3, 0.4) is 0 Å². The standard InChI is InChI=1S/C13H28N2S2/c1-5-9-11-14(12-10-6-2)13(16)17-15(7-3)8-4/h5-12H2,1-4H3. The first-order valence-electron chi connectivity index (χ1n) is 6.91. The summed E-state index contributed by atoms with van der Waals surface area (Å²) in [5.41, 5.74) is 0. The van der Waals surface area contributed by atoms with E-state index in [-0.39, 0.29) is 0 Å². The molecule has 0 heterocycles. The fraction of sp³-hybridized carbons (Fsp3) is 0.923. The second-order valence-electron chi connectivity index (χ2n) is 4.17. The van der Waals surface area contributed by atoms with Crippen molar-refractivity contribution in [2.24, 2.45) is 0 Å². The van der Waals surface area contributed by atoms with E-state index in [1.165, 1.54) is 25.7 Å². The SMILES string of the molecule is CCCCN(CCCC)C(=S)SN(CC)CC. The molecule has 0 unspecified atom stereocenters. The van der Waals surface area contributed by atoms with Crippen molar-refractivity contribution in [2.75, 3.05) is 26.2 Å². The number of hydrogen-bond acceptors (Lipinski definition) is 3. The molecule has 0 aliphatic carbocycles. The molecule has 2 nitrogen and oxygen atoms in total. The lowest BCUT2D eigenvalue weighted by atomic mass is 10.3. The van der Waals surface area contributed by atoms with Gasteiger partial charge >= 0.3 is 0 Å². The Bertz CT molecular complexity index is 186. The maximum atomic E-state index is 5.56. The van der Waals surface area contributed by atoms with E-state index in [0.29, 0.717) is 0 Å². The van der Waals surface area contributed by atoms with Gasteiger partial charge in [-0.05, 0) is 24.8 Å². The van der Waals surface area contributed by atoms with Gasteiger partial charge in [-0.25, -0.2) is 4.31 Å². The Labute approximate surface area is 117 Å². The van der Waals surface area contributed by atoms with Crippen LogP contribution >= 0.6 is 24.2 Å². The average molecular weight is 277 g/mol. The Hall–Kier alpha value is 0.200. The molecular weight excluding hydrogens is 248 g/mol. The highest BCUT2D eigenvalue weighted by molar-refractivity contribution is 8.21. The van der Waals surface area contributed by atoms with Gasteiger partial charge in [0.05, 0.1) is 0 Å². The monoisotopic (exact) mass is 276 g/mol. The Morgan fingerprint density at radius 3 is 1.76 bits per heavy atom. The number of hydrogen-bond donors (Lipinski definition) is 0. The molecule has 17 heavy (non-hydrogen) atoms. The third kappa shape index (κ3) is 8.01. The second-order valence-corrected chi connectivity index (χ2v) is 5.90. The minimum absolute atomic E-state index is 1.05. The summed E-state index contributed by atoms with van der Waals surface area (Å²) in [5, 5.41) is 0. The summed E-state index contributed by atoms with van der Waals surface area (Å²) in [6, 6.07) is 0. The summed E-state index contributed by atoms with van der Waals surface area (Å²) < 4.78 is 3.36. The normalized spacial score (nSPS) is 10.9. The van der Waals surface area contributed by atoms with Crippen molar-refractivity contribution in [3.05, 3.63) is 0 Å². The molecule has 0 amide bonds. The van der Waals surface area contributed by atoms with Crippen LogP contribution in [0.4, 0.5) is 0 Å². The summed E-state index contributed by atoms with van der Waals surface area (Å²) in [5.74, 6) is 0. The first-order valence-corrected chi connectivity index (χ1v) is 8.09. The van der Waals surface area contributed by atoms with E-state index in [9.17, 15) is 0 Å². The number of thiocarbonyl (C=S) groups is 1. The van der Waals surface area contributed by atoms with Crippen molar-refractivity contribution in [3.8, 4) is 0 Å². The summed E-state index contributed by atoms with van der Waals surface area (Å²) in [6.07, 6.45) is 4.95. The predicted octanol–water partition coefficient (Wildman–Crippen LogP) is 4.16. The Morgan fingerprint density at radius 1 is 0.941 bits per heavy atom. The van der Waals surface area contributed by atoms with Crippen molar-refractivity contribution in [3.63, 3.8) is 0 Å². The van der Waals surface area contributed by atoms with E-state index in [4.69, 9.17) is 12.2 Å². The molecule has 0 aromatic heterocycles. The van der Waals surface area contributed by atoms with Gasteiger partial charge in [-0.15, -0.1) is 0 Å². The Balaban J connectivity index is 4.19. The van der Waals surface area contributed by atoms with Crippen LogP contribution in [-0.2, 0) is 0 Å². The molecule has 0 aromatic carbocycles. The van der Waals surface area contributed by atoms with E-state index in [2.05, 4.69) is 36.9 Å². The zero-order valence-corrected chi connectivity index (χ0v) is 13.5. The molecule has 0 radical (unpaired) electrons. The summed E-state index contributed by atoms with van der Waals surface area (Å²) >= 11 is 7.30. The summed E-state index contributed by atoms with van der Waals surface area (Å²) in [4.78, 5) is 2.38. The lowest BCUT2D eigenvalue weighted by Gasteiger charge is -2.27. The van der Waals surface area contributed by atoms with Gasteiger partial charge in [0.2, 0.25) is 0 Å². The van der Waals surface area contributed by atoms with Crippen LogP contribution in [0.5, 0.6) is 0 Å². The largest absolute Gasteiger partial charge is 0.356 e. The third-order valence-corrected chi connectivity index (χ3v) is 4.40. The molecule has 0 aliphatic heterocycles. The highest BCUT2D eigenvalue weighted by Crippen LogP contribution is 2.16. The molecule has 0 aromatic rings. The van der Waals surface area contributed by atoms with Crippen LogP contribution in [0.2, 0.25) is 0 Å². The maximum Gasteiger partial charge on any atom is 0.151 e. The molecule has 0 saturated carbocycles. The van der Waals surface area contributed by atoms with Crippen LogP contribution in [-0.4, -0.2) is 39.7 Å². The minimum atomic E-state index is 1.05. The number of rotatable bonds is 9. The molecule has 0 N–H and O–H groups in total. The average Bonchev–Trinajstić information content (AvgIpc) is 2.35. The van der Waals surface area contributed by atoms with Gasteiger partial charge in [-0.3, -0.25) is 0 Å². The molecule has 102 valence electrons. The first-order chi connectivity index (χ1) is 8.19. The maximum absolute atomic E-state index is 5.56. The predicted molar refractivity (Wildman–Crippen MR) is 84.5 cm³/mol. The fourth-order valence-corrected chi connectivity index (χ4v) is 2.79. The van der Waals surface area contributed by atoms with E-state index in [1.807, 2.05) is 0 Å². The van der Waals surface area contributed by atoms with Gasteiger partial charge in [-0.1, -0.05) is 52.8 Å². The first kappa shape index (κ1) is 17.2. The van der Waals surface area contributed by atoms with Crippen LogP contribution in [0.1, 0.15) is 53.4 Å². The van der Waals surface area contributed by atoms with Gasteiger partial charge in [0.25, 0.3) is 0 Å². The van der Waals surface area contributed by atoms with Gasteiger partial charge in [0.1, 0.15) is 0 Å². The molecule has 0 rings (SSSR count). The van der Waals surface area contributed by atoms with Crippen LogP contribution in [0, 0.1) is 0 Å². The minimum Gasteiger partial charge on any atom is -0.356 e. The molecule has 0 spiro atoms. The van der Waals surface area contributed by atoms with Crippen molar-refractivity contribution >= 4 is 28.5 Å². The number of unbranched alkanes of at least 4 members (excludes halogenated alkanes) is 2. The topological polar surface area (TPSA) is 6.48 Å². The van der Waals surface area contributed by atoms with Crippen LogP contribution in [0.25, 0.3) is 0 Å². The van der Waals surface area contributed by atoms with Gasteiger partial charge in [0.15, 0.2) is 4.32 Å². The molecule has 0 atom stereocenters. The van der Waals surface area contributed by atoms with Crippen molar-refractivity contribution in [2.45, 2.75) is 53.4 Å². The zero-order chi connectivity index (χ0) is 13.1. The highest BCUT2D eigenvalue weighted by Gasteiger charge is 2.12. The summed E-state index contributed by atoms with van der Waals surface area (Å²) in [7, 11) is 0. The molecule has 4 heteroatoms. The summed E-state index contributed by atoms with van der Waals surface area (Å²) in [6.45, 7) is 13.2. The third-order valence-electron chi connectivity index (χ3n) is 2.73. The second kappa shape index (κ2) is 11.3. The molecular formula is C13H28N2S2. The highest BCUT2D eigenvalue weighted by atomic mass is 32.2. The van der Waals surface area contributed by atoms with Crippen molar-refractivity contribution < 1.29 is 0 Å². The van der Waals surface area contributed by atoms with Crippen molar-refractivity contribution in [1.82, 2.24) is 9.21 Å². The van der Waals surface area contributed by atoms with Crippen LogP contribution < -0.4 is 0 Å². The molecule has 0 saturated heterocycles. The van der Waals surface area contributed by atoms with Crippen molar-refractivity contribution in [1.29, 1.82) is 0 Å². The smallest absolute Gasteiger partial charge is 0.151 e. The van der Waals surface area contributed by atoms with Crippen LogP contribution in [0.15, 0.2) is 0 Å². The molecule has 0 bridgehead atoms. The zero-order valence-electron chi connectivity index (χ0n) is 11.9. The quantitative estimate of drug-likeness (QED) is 0.460. The molecule has 0 aliphatic rings. The molecule has 0 fully saturated rings. The lowest BCUT2D eigenvalue weighted by molar-refractivity contribution is 0.409. The Kier molecular flexibility index (Phi) is 11.4. The Morgan fingerprint density at radius 2 is 1.41 bits per heavy atom. The van der Waals surface area contributed by atoms with E-state index < -0.39 is 0 Å². The van der Waals surface area contributed by atoms with Gasteiger partial charge < -0.3 is 4.90 Å².